The molecular weight excluding hydrogens is 164 g/mol. The molecule has 5 N–H and O–H groups in total. The maximum Gasteiger partial charge on any atom is 0.309 e. The van der Waals surface area contributed by atoms with E-state index in [0.717, 1.165) is 0 Å². The highest BCUT2D eigenvalue weighted by Gasteiger charge is 1.79. The van der Waals surface area contributed by atoms with Gasteiger partial charge in [0.15, 0.2) is 0 Å². The number of aromatic hydroxyl groups is 1. The van der Waals surface area contributed by atoms with Gasteiger partial charge >= 0.3 is 6.03 Å². The lowest BCUT2D eigenvalue weighted by atomic mass is 10.7. The van der Waals surface area contributed by atoms with Gasteiger partial charge in [0.05, 0.1) is 6.26 Å². The van der Waals surface area contributed by atoms with Crippen LogP contribution in [0.4, 0.5) is 4.79 Å². The number of urea groups is 1. The number of amides is 2. The molecule has 2 amide bonds. The van der Waals surface area contributed by atoms with Gasteiger partial charge in [-0.25, -0.2) is 4.79 Å². The standard InChI is InChI=1S/C4H4O2.CH4N2O.CH2O/c5-4-2-1-3-6-4;2-1(3)4;1-2/h1-3,5H;(H4,2,3,4);1H2. The van der Waals surface area contributed by atoms with Crippen molar-refractivity contribution in [2.75, 3.05) is 0 Å². The van der Waals surface area contributed by atoms with Crippen LogP contribution in [0.1, 0.15) is 0 Å². The zero-order chi connectivity index (χ0) is 9.98. The highest BCUT2D eigenvalue weighted by atomic mass is 16.5. The Bertz CT molecular complexity index is 193. The van der Waals surface area contributed by atoms with Crippen LogP contribution < -0.4 is 11.5 Å². The number of rotatable bonds is 0. The van der Waals surface area contributed by atoms with Crippen LogP contribution in [-0.2, 0) is 4.79 Å². The molecule has 1 rings (SSSR count). The Morgan fingerprint density at radius 3 is 2.00 bits per heavy atom. The first-order valence-corrected chi connectivity index (χ1v) is 2.69. The minimum atomic E-state index is -0.833. The molecule has 0 aliphatic heterocycles. The Morgan fingerprint density at radius 1 is 1.50 bits per heavy atom. The molecule has 0 unspecified atom stereocenters. The first kappa shape index (κ1) is 12.7. The van der Waals surface area contributed by atoms with Crippen LogP contribution in [0.25, 0.3) is 0 Å². The molecule has 6 heteroatoms. The van der Waals surface area contributed by atoms with E-state index in [-0.39, 0.29) is 5.95 Å². The van der Waals surface area contributed by atoms with Crippen molar-refractivity contribution in [2.24, 2.45) is 11.5 Å². The normalized spacial score (nSPS) is 6.67. The van der Waals surface area contributed by atoms with Crippen molar-refractivity contribution in [1.82, 2.24) is 0 Å². The number of primary amides is 2. The van der Waals surface area contributed by atoms with Gasteiger partial charge in [-0.3, -0.25) is 0 Å². The molecule has 0 saturated carbocycles. The number of carbonyl (C=O) groups is 2. The van der Waals surface area contributed by atoms with E-state index in [0.29, 0.717) is 0 Å². The molecule has 0 spiro atoms. The molecule has 0 aliphatic rings. The zero-order valence-corrected chi connectivity index (χ0v) is 6.27. The van der Waals surface area contributed by atoms with Crippen molar-refractivity contribution < 1.29 is 19.1 Å². The molecular formula is C6H10N2O4. The Balaban J connectivity index is 0. The third-order valence-electron chi connectivity index (χ3n) is 0.506. The van der Waals surface area contributed by atoms with E-state index in [1.807, 2.05) is 6.79 Å². The summed E-state index contributed by atoms with van der Waals surface area (Å²) in [4.78, 5) is 17.0. The van der Waals surface area contributed by atoms with Gasteiger partial charge in [-0.2, -0.15) is 0 Å². The molecule has 1 heterocycles. The maximum absolute atomic E-state index is 9.00. The Kier molecular flexibility index (Phi) is 9.53. The summed E-state index contributed by atoms with van der Waals surface area (Å²) in [6.07, 6.45) is 1.41. The van der Waals surface area contributed by atoms with E-state index in [9.17, 15) is 0 Å². The van der Waals surface area contributed by atoms with Crippen molar-refractivity contribution in [3.05, 3.63) is 18.4 Å². The smallest absolute Gasteiger partial charge is 0.309 e. The number of furan rings is 1. The van der Waals surface area contributed by atoms with Crippen LogP contribution in [-0.4, -0.2) is 17.9 Å². The summed E-state index contributed by atoms with van der Waals surface area (Å²) in [6, 6.07) is 2.26. The van der Waals surface area contributed by atoms with Gasteiger partial charge in [0.2, 0.25) is 0 Å². The highest BCUT2D eigenvalue weighted by molar-refractivity contribution is 5.69. The lowest BCUT2D eigenvalue weighted by molar-refractivity contribution is -0.0979. The minimum Gasteiger partial charge on any atom is -0.481 e. The van der Waals surface area contributed by atoms with Crippen LogP contribution in [0.2, 0.25) is 0 Å². The predicted molar refractivity (Wildman–Crippen MR) is 41.3 cm³/mol. The summed E-state index contributed by atoms with van der Waals surface area (Å²) in [5.41, 5.74) is 8.50. The molecule has 0 fully saturated rings. The molecule has 0 aromatic carbocycles. The van der Waals surface area contributed by atoms with Crippen molar-refractivity contribution >= 4 is 12.8 Å². The summed E-state index contributed by atoms with van der Waals surface area (Å²) in [6.45, 7) is 2.00. The molecule has 68 valence electrons. The maximum atomic E-state index is 9.00. The van der Waals surface area contributed by atoms with Gasteiger partial charge in [0.25, 0.3) is 5.95 Å². The Labute approximate surface area is 68.8 Å². The first-order valence-electron chi connectivity index (χ1n) is 2.69. The number of hydrogen-bond donors (Lipinski definition) is 3. The summed E-state index contributed by atoms with van der Waals surface area (Å²) in [5.74, 6) is -0.0324. The highest BCUT2D eigenvalue weighted by Crippen LogP contribution is 2.04. The molecule has 12 heavy (non-hydrogen) atoms. The topological polar surface area (TPSA) is 120 Å². The van der Waals surface area contributed by atoms with Crippen LogP contribution >= 0.6 is 0 Å². The third kappa shape index (κ3) is 15.7. The average molecular weight is 174 g/mol. The largest absolute Gasteiger partial charge is 0.481 e. The lowest BCUT2D eigenvalue weighted by Crippen LogP contribution is -2.18. The van der Waals surface area contributed by atoms with E-state index >= 15 is 0 Å². The quantitative estimate of drug-likeness (QED) is 0.505. The minimum absolute atomic E-state index is 0.0324. The summed E-state index contributed by atoms with van der Waals surface area (Å²) in [7, 11) is 0. The fourth-order valence-corrected chi connectivity index (χ4v) is 0.270. The predicted octanol–water partition coefficient (Wildman–Crippen LogP) is -0.176. The average Bonchev–Trinajstić information content (AvgIpc) is 2.43. The van der Waals surface area contributed by atoms with Crippen molar-refractivity contribution in [1.29, 1.82) is 0 Å². The second-order valence-corrected chi connectivity index (χ2v) is 1.35. The van der Waals surface area contributed by atoms with Crippen molar-refractivity contribution in [3.63, 3.8) is 0 Å². The monoisotopic (exact) mass is 174 g/mol. The van der Waals surface area contributed by atoms with E-state index < -0.39 is 6.03 Å². The fourth-order valence-electron chi connectivity index (χ4n) is 0.270. The molecule has 1 aromatic rings. The van der Waals surface area contributed by atoms with Gasteiger partial charge < -0.3 is 25.8 Å². The summed E-state index contributed by atoms with van der Waals surface area (Å²) < 4.78 is 4.39. The molecule has 0 radical (unpaired) electrons. The van der Waals surface area contributed by atoms with Gasteiger partial charge in [-0.1, -0.05) is 0 Å². The third-order valence-corrected chi connectivity index (χ3v) is 0.506. The van der Waals surface area contributed by atoms with E-state index in [1.54, 1.807) is 6.07 Å². The number of nitrogens with two attached hydrogens (primary N) is 2. The molecule has 6 nitrogen and oxygen atoms in total. The molecule has 0 bridgehead atoms. The Morgan fingerprint density at radius 2 is 1.92 bits per heavy atom. The van der Waals surface area contributed by atoms with Crippen LogP contribution in [0, 0.1) is 0 Å². The van der Waals surface area contributed by atoms with Crippen molar-refractivity contribution in [2.45, 2.75) is 0 Å². The first-order chi connectivity index (χ1) is 5.63. The molecule has 0 aliphatic carbocycles. The van der Waals surface area contributed by atoms with Crippen LogP contribution in [0.3, 0.4) is 0 Å². The molecule has 1 aromatic heterocycles. The summed E-state index contributed by atoms with van der Waals surface area (Å²) >= 11 is 0. The second kappa shape index (κ2) is 9.02. The van der Waals surface area contributed by atoms with E-state index in [4.69, 9.17) is 14.7 Å². The van der Waals surface area contributed by atoms with Gasteiger partial charge in [0.1, 0.15) is 6.79 Å². The SMILES string of the molecule is C=O.NC(N)=O.Oc1ccco1. The fraction of sp³-hybridized carbons (Fsp3) is 0. The Hall–Kier alpha value is -1.98. The second-order valence-electron chi connectivity index (χ2n) is 1.35. The van der Waals surface area contributed by atoms with Crippen LogP contribution in [0.15, 0.2) is 22.8 Å². The summed E-state index contributed by atoms with van der Waals surface area (Å²) in [5, 5.41) is 8.31. The number of carbonyl (C=O) groups excluding carboxylic acids is 2. The number of hydrogen-bond acceptors (Lipinski definition) is 4. The lowest BCUT2D eigenvalue weighted by Gasteiger charge is -1.69. The molecule has 0 saturated heterocycles. The van der Waals surface area contributed by atoms with Gasteiger partial charge in [-0.05, 0) is 6.07 Å². The van der Waals surface area contributed by atoms with Gasteiger partial charge in [0, 0.05) is 6.07 Å². The van der Waals surface area contributed by atoms with E-state index in [2.05, 4.69) is 15.9 Å². The molecule has 0 atom stereocenters. The van der Waals surface area contributed by atoms with Crippen molar-refractivity contribution in [3.8, 4) is 5.95 Å². The van der Waals surface area contributed by atoms with E-state index in [1.165, 1.54) is 12.3 Å². The zero-order valence-electron chi connectivity index (χ0n) is 6.27. The van der Waals surface area contributed by atoms with Crippen LogP contribution in [0.5, 0.6) is 5.95 Å². The van der Waals surface area contributed by atoms with Gasteiger partial charge in [-0.15, -0.1) is 0 Å².